The lowest BCUT2D eigenvalue weighted by Gasteiger charge is -2.08. The first-order chi connectivity index (χ1) is 13.4. The van der Waals surface area contributed by atoms with Gasteiger partial charge in [-0.1, -0.05) is 30.2 Å². The zero-order valence-corrected chi connectivity index (χ0v) is 18.6. The average molecular weight is 417 g/mol. The Labute approximate surface area is 175 Å². The molecule has 0 radical (unpaired) electrons. The van der Waals surface area contributed by atoms with E-state index in [-0.39, 0.29) is 6.61 Å². The van der Waals surface area contributed by atoms with E-state index < -0.39 is 0 Å². The Balaban J connectivity index is 0. The van der Waals surface area contributed by atoms with E-state index in [1.807, 2.05) is 19.9 Å². The number of allylic oxidation sites excluding steroid dienone is 3. The fourth-order valence-electron chi connectivity index (χ4n) is 2.34. The summed E-state index contributed by atoms with van der Waals surface area (Å²) in [6.07, 6.45) is 7.91. The lowest BCUT2D eigenvalue weighted by molar-refractivity contribution is 0.225. The van der Waals surface area contributed by atoms with Crippen LogP contribution in [0.2, 0.25) is 0 Å². The number of hydrogen-bond donors (Lipinski definition) is 4. The van der Waals surface area contributed by atoms with Crippen molar-refractivity contribution in [2.24, 2.45) is 0 Å². The Hall–Kier alpha value is -1.37. The monoisotopic (exact) mass is 416 g/mol. The van der Waals surface area contributed by atoms with Gasteiger partial charge in [0.25, 0.3) is 0 Å². The second-order valence-corrected chi connectivity index (χ2v) is 6.57. The van der Waals surface area contributed by atoms with E-state index in [0.29, 0.717) is 25.4 Å². The summed E-state index contributed by atoms with van der Waals surface area (Å²) in [5, 5.41) is 27.2. The number of ether oxygens (including phenoxy) is 1. The van der Waals surface area contributed by atoms with Gasteiger partial charge in [-0.05, 0) is 75.3 Å². The van der Waals surface area contributed by atoms with Crippen LogP contribution in [-0.4, -0.2) is 40.3 Å². The standard InChI is InChI=1S/C19H28O3.C3H8O.ClHO/c1-14(6-5-7-15(2)13-22-4)8-9-17-11-18(12-20)16(3)10-19(17)21;1-2-3-4;1-2/h7-8,10-11,20-21H,5-6,9,12-13H2,1-4H3;4H,2-3H2,1H3;2H/b14-8+,15-7+;;. The maximum absolute atomic E-state index is 10.00. The molecule has 1 rings (SSSR count). The fourth-order valence-corrected chi connectivity index (χ4v) is 2.34. The van der Waals surface area contributed by atoms with E-state index in [1.165, 1.54) is 11.1 Å². The Morgan fingerprint density at radius 1 is 1.07 bits per heavy atom. The Kier molecular flexibility index (Phi) is 19.5. The predicted octanol–water partition coefficient (Wildman–Crippen LogP) is 4.58. The number of aromatic hydroxyl groups is 1. The molecular formula is C22H37ClO5. The Morgan fingerprint density at radius 2 is 1.68 bits per heavy atom. The number of methoxy groups -OCH3 is 1. The number of aliphatic hydroxyl groups is 2. The third-order valence-electron chi connectivity index (χ3n) is 4.01. The van der Waals surface area contributed by atoms with E-state index >= 15 is 0 Å². The maximum atomic E-state index is 10.00. The number of hydrogen-bond acceptors (Lipinski definition) is 5. The molecule has 0 saturated carbocycles. The van der Waals surface area contributed by atoms with Gasteiger partial charge >= 0.3 is 0 Å². The fraction of sp³-hybridized carbons (Fsp3) is 0.545. The van der Waals surface area contributed by atoms with Gasteiger partial charge in [0.2, 0.25) is 0 Å². The molecular weight excluding hydrogens is 380 g/mol. The summed E-state index contributed by atoms with van der Waals surface area (Å²) in [4.78, 5) is 0. The lowest BCUT2D eigenvalue weighted by Crippen LogP contribution is -1.93. The first-order valence-corrected chi connectivity index (χ1v) is 9.73. The van der Waals surface area contributed by atoms with Crippen molar-refractivity contribution in [3.05, 3.63) is 52.1 Å². The smallest absolute Gasteiger partial charge is 0.119 e. The minimum atomic E-state index is 0.00534. The summed E-state index contributed by atoms with van der Waals surface area (Å²) in [7, 11) is 1.71. The summed E-state index contributed by atoms with van der Waals surface area (Å²) < 4.78 is 11.6. The molecule has 0 aliphatic carbocycles. The van der Waals surface area contributed by atoms with Crippen LogP contribution in [0.1, 0.15) is 56.7 Å². The largest absolute Gasteiger partial charge is 0.508 e. The molecule has 0 saturated heterocycles. The summed E-state index contributed by atoms with van der Waals surface area (Å²) in [6, 6.07) is 3.61. The van der Waals surface area contributed by atoms with Crippen LogP contribution in [0.15, 0.2) is 35.4 Å². The predicted molar refractivity (Wildman–Crippen MR) is 117 cm³/mol. The Bertz CT molecular complexity index is 581. The zero-order valence-electron chi connectivity index (χ0n) is 17.8. The highest BCUT2D eigenvalue weighted by Gasteiger charge is 2.05. The van der Waals surface area contributed by atoms with E-state index in [1.54, 1.807) is 13.2 Å². The maximum Gasteiger partial charge on any atom is 0.119 e. The van der Waals surface area contributed by atoms with Gasteiger partial charge in [-0.15, -0.1) is 0 Å². The molecule has 0 aliphatic rings. The molecule has 0 atom stereocenters. The van der Waals surface area contributed by atoms with Gasteiger partial charge in [0.1, 0.15) is 5.75 Å². The van der Waals surface area contributed by atoms with Crippen molar-refractivity contribution in [2.75, 3.05) is 20.3 Å². The van der Waals surface area contributed by atoms with Crippen LogP contribution < -0.4 is 0 Å². The van der Waals surface area contributed by atoms with Crippen molar-refractivity contribution in [2.45, 2.75) is 60.0 Å². The summed E-state index contributed by atoms with van der Waals surface area (Å²) in [6.45, 7) is 9.02. The van der Waals surface area contributed by atoms with E-state index in [2.05, 4.69) is 37.9 Å². The minimum absolute atomic E-state index is 0.00534. The zero-order chi connectivity index (χ0) is 21.9. The number of rotatable bonds is 9. The van der Waals surface area contributed by atoms with E-state index in [4.69, 9.17) is 14.5 Å². The minimum Gasteiger partial charge on any atom is -0.508 e. The highest BCUT2D eigenvalue weighted by atomic mass is 35.5. The molecule has 6 heteroatoms. The van der Waals surface area contributed by atoms with Gasteiger partial charge < -0.3 is 20.1 Å². The first-order valence-electron chi connectivity index (χ1n) is 9.39. The summed E-state index contributed by atoms with van der Waals surface area (Å²) in [5.74, 6) is 0.301. The van der Waals surface area contributed by atoms with Gasteiger partial charge in [-0.3, -0.25) is 4.66 Å². The second-order valence-electron chi connectivity index (χ2n) is 6.57. The number of benzene rings is 1. The normalized spacial score (nSPS) is 11.3. The van der Waals surface area contributed by atoms with Crippen LogP contribution in [0.25, 0.3) is 0 Å². The van der Waals surface area contributed by atoms with E-state index in [9.17, 15) is 10.2 Å². The highest BCUT2D eigenvalue weighted by Crippen LogP contribution is 2.23. The molecule has 0 fully saturated rings. The van der Waals surface area contributed by atoms with Crippen LogP contribution in [0.3, 0.4) is 0 Å². The molecule has 0 spiro atoms. The quantitative estimate of drug-likeness (QED) is 0.442. The van der Waals surface area contributed by atoms with E-state index in [0.717, 1.165) is 36.0 Å². The third kappa shape index (κ3) is 13.7. The van der Waals surface area contributed by atoms with Gasteiger partial charge in [0.05, 0.1) is 25.1 Å². The van der Waals surface area contributed by atoms with Gasteiger partial charge in [-0.25, -0.2) is 0 Å². The van der Waals surface area contributed by atoms with Crippen molar-refractivity contribution >= 4 is 11.9 Å². The SMILES string of the molecule is CCCO.COC/C(C)=C/CC/C(C)=C/Cc1cc(CO)c(C)cc1O.OCl. The van der Waals surface area contributed by atoms with Crippen LogP contribution in [0.5, 0.6) is 5.75 Å². The topological polar surface area (TPSA) is 90.2 Å². The van der Waals surface area contributed by atoms with Crippen LogP contribution >= 0.6 is 11.9 Å². The summed E-state index contributed by atoms with van der Waals surface area (Å²) >= 11 is 3.64. The van der Waals surface area contributed by atoms with Gasteiger partial charge in [-0.2, -0.15) is 0 Å². The highest BCUT2D eigenvalue weighted by molar-refractivity contribution is 6.04. The molecule has 1 aromatic rings. The van der Waals surface area contributed by atoms with Crippen molar-refractivity contribution in [3.63, 3.8) is 0 Å². The molecule has 0 amide bonds. The molecule has 162 valence electrons. The molecule has 1 aromatic carbocycles. The van der Waals surface area contributed by atoms with Crippen molar-refractivity contribution in [1.29, 1.82) is 0 Å². The molecule has 0 heterocycles. The second kappa shape index (κ2) is 19.0. The van der Waals surface area contributed by atoms with Crippen molar-refractivity contribution in [1.82, 2.24) is 0 Å². The molecule has 0 aromatic heterocycles. The molecule has 28 heavy (non-hydrogen) atoms. The number of phenolic OH excluding ortho intramolecular Hbond substituents is 1. The van der Waals surface area contributed by atoms with Crippen LogP contribution in [-0.2, 0) is 17.8 Å². The van der Waals surface area contributed by atoms with Gasteiger partial charge in [0, 0.05) is 13.7 Å². The molecule has 4 N–H and O–H groups in total. The first kappa shape index (κ1) is 28.8. The van der Waals surface area contributed by atoms with Crippen LogP contribution in [0.4, 0.5) is 0 Å². The van der Waals surface area contributed by atoms with Gasteiger partial charge in [0.15, 0.2) is 0 Å². The number of halogens is 1. The Morgan fingerprint density at radius 3 is 2.18 bits per heavy atom. The molecule has 0 aliphatic heterocycles. The molecule has 0 unspecified atom stereocenters. The van der Waals surface area contributed by atoms with Crippen molar-refractivity contribution < 1.29 is 24.7 Å². The van der Waals surface area contributed by atoms with Crippen molar-refractivity contribution in [3.8, 4) is 5.75 Å². The lowest BCUT2D eigenvalue weighted by atomic mass is 10.0. The summed E-state index contributed by atoms with van der Waals surface area (Å²) in [5.41, 5.74) is 5.20. The molecule has 0 bridgehead atoms. The molecule has 5 nitrogen and oxygen atoms in total. The average Bonchev–Trinajstić information content (AvgIpc) is 2.69. The number of aliphatic hydroxyl groups excluding tert-OH is 2. The van der Waals surface area contributed by atoms with Crippen LogP contribution in [0, 0.1) is 6.92 Å². The number of aryl methyl sites for hydroxylation is 1. The number of phenols is 1. The third-order valence-corrected chi connectivity index (χ3v) is 4.01.